The van der Waals surface area contributed by atoms with E-state index < -0.39 is 0 Å². The Morgan fingerprint density at radius 1 is 0.857 bits per heavy atom. The number of hydrogen-bond acceptors (Lipinski definition) is 1. The fraction of sp³-hybridized carbons (Fsp3) is 1.00. The molecule has 2 aliphatic carbocycles. The number of nitrogens with zero attached hydrogens (tertiary/aromatic N) is 1. The maximum Gasteiger partial charge on any atom is 0.0152 e. The van der Waals surface area contributed by atoms with Crippen LogP contribution in [-0.4, -0.2) is 23.0 Å². The minimum atomic E-state index is 0.878. The van der Waals surface area contributed by atoms with Crippen molar-refractivity contribution in [2.75, 3.05) is 0 Å². The van der Waals surface area contributed by atoms with Crippen molar-refractivity contribution in [3.05, 3.63) is 0 Å². The molecule has 2 heterocycles. The highest BCUT2D eigenvalue weighted by Crippen LogP contribution is 2.47. The lowest BCUT2D eigenvalue weighted by Gasteiger charge is -2.53. The van der Waals surface area contributed by atoms with Gasteiger partial charge >= 0.3 is 0 Å². The Hall–Kier alpha value is -0.0400. The van der Waals surface area contributed by atoms with Crippen LogP contribution in [0.5, 0.6) is 0 Å². The number of fused-ring (bicyclic) bond motifs is 3. The minimum absolute atomic E-state index is 0.878. The summed E-state index contributed by atoms with van der Waals surface area (Å²) in [5.74, 6) is 1.92. The Morgan fingerprint density at radius 3 is 1.79 bits per heavy atom. The zero-order chi connectivity index (χ0) is 9.71. The van der Waals surface area contributed by atoms with Crippen molar-refractivity contribution in [2.24, 2.45) is 11.8 Å². The highest BCUT2D eigenvalue weighted by atomic mass is 15.3. The van der Waals surface area contributed by atoms with Gasteiger partial charge < -0.3 is 0 Å². The van der Waals surface area contributed by atoms with Gasteiger partial charge in [-0.2, -0.15) is 0 Å². The number of rotatable bonds is 2. The summed E-state index contributed by atoms with van der Waals surface area (Å²) in [6, 6.07) is 2.91. The highest BCUT2D eigenvalue weighted by molar-refractivity contribution is 5.02. The molecule has 1 heteroatoms. The highest BCUT2D eigenvalue weighted by Gasteiger charge is 2.48. The van der Waals surface area contributed by atoms with E-state index in [4.69, 9.17) is 0 Å². The van der Waals surface area contributed by atoms with Crippen molar-refractivity contribution in [1.29, 1.82) is 0 Å². The van der Waals surface area contributed by atoms with Gasteiger partial charge in [0.25, 0.3) is 0 Å². The maximum absolute atomic E-state index is 2.93. The van der Waals surface area contributed by atoms with Crippen LogP contribution in [0, 0.1) is 11.8 Å². The molecule has 2 aliphatic heterocycles. The summed E-state index contributed by atoms with van der Waals surface area (Å²) in [7, 11) is 0. The molecule has 4 rings (SSSR count). The lowest BCUT2D eigenvalue weighted by atomic mass is 9.71. The van der Waals surface area contributed by atoms with Gasteiger partial charge in [0.15, 0.2) is 0 Å². The molecule has 0 radical (unpaired) electrons. The van der Waals surface area contributed by atoms with Crippen molar-refractivity contribution in [1.82, 2.24) is 4.90 Å². The van der Waals surface area contributed by atoms with Crippen molar-refractivity contribution >= 4 is 0 Å². The monoisotopic (exact) mass is 193 g/mol. The van der Waals surface area contributed by atoms with Gasteiger partial charge in [0.1, 0.15) is 0 Å². The molecule has 2 saturated heterocycles. The summed E-state index contributed by atoms with van der Waals surface area (Å²) in [6.45, 7) is 4.86. The van der Waals surface area contributed by atoms with Crippen LogP contribution in [0.1, 0.15) is 52.4 Å². The van der Waals surface area contributed by atoms with E-state index in [0.29, 0.717) is 0 Å². The zero-order valence-electron chi connectivity index (χ0n) is 9.58. The molecule has 2 bridgehead atoms. The molecule has 0 aromatic heterocycles. The van der Waals surface area contributed by atoms with E-state index in [1.54, 1.807) is 0 Å². The molecule has 2 saturated carbocycles. The van der Waals surface area contributed by atoms with Gasteiger partial charge in [0.05, 0.1) is 0 Å². The fourth-order valence-electron chi connectivity index (χ4n) is 4.03. The van der Waals surface area contributed by atoms with Crippen LogP contribution in [0.4, 0.5) is 0 Å². The molecule has 0 N–H and O–H groups in total. The van der Waals surface area contributed by atoms with Crippen molar-refractivity contribution in [3.8, 4) is 0 Å². The van der Waals surface area contributed by atoms with E-state index in [1.807, 2.05) is 0 Å². The SMILES string of the molecule is CC(C)[C@H]1C2CCC(CC2)N1C1CC1. The van der Waals surface area contributed by atoms with Crippen LogP contribution < -0.4 is 0 Å². The smallest absolute Gasteiger partial charge is 0.0152 e. The van der Waals surface area contributed by atoms with E-state index in [-0.39, 0.29) is 0 Å². The molecular formula is C13H23N. The molecule has 0 amide bonds. The Bertz CT molecular complexity index is 195. The van der Waals surface area contributed by atoms with Crippen molar-refractivity contribution in [2.45, 2.75) is 70.5 Å². The first-order valence-corrected chi connectivity index (χ1v) is 6.55. The maximum atomic E-state index is 2.93. The van der Waals surface area contributed by atoms with Gasteiger partial charge in [-0.05, 0) is 50.4 Å². The van der Waals surface area contributed by atoms with E-state index in [1.165, 1.54) is 38.5 Å². The van der Waals surface area contributed by atoms with Crippen LogP contribution >= 0.6 is 0 Å². The van der Waals surface area contributed by atoms with Gasteiger partial charge in [0.2, 0.25) is 0 Å². The molecule has 14 heavy (non-hydrogen) atoms. The molecule has 1 nitrogen and oxygen atoms in total. The molecule has 0 spiro atoms. The Morgan fingerprint density at radius 2 is 1.36 bits per heavy atom. The third kappa shape index (κ3) is 1.32. The Kier molecular flexibility index (Phi) is 2.12. The molecule has 0 aromatic carbocycles. The summed E-state index contributed by atoms with van der Waals surface area (Å²) in [5.41, 5.74) is 0. The first-order chi connectivity index (χ1) is 6.77. The van der Waals surface area contributed by atoms with E-state index >= 15 is 0 Å². The summed E-state index contributed by atoms with van der Waals surface area (Å²) < 4.78 is 0. The van der Waals surface area contributed by atoms with Gasteiger partial charge in [-0.25, -0.2) is 0 Å². The zero-order valence-corrected chi connectivity index (χ0v) is 9.58. The van der Waals surface area contributed by atoms with Crippen molar-refractivity contribution in [3.63, 3.8) is 0 Å². The van der Waals surface area contributed by atoms with Crippen LogP contribution in [0.2, 0.25) is 0 Å². The molecule has 4 fully saturated rings. The van der Waals surface area contributed by atoms with Crippen LogP contribution in [-0.2, 0) is 0 Å². The molecule has 1 atom stereocenters. The minimum Gasteiger partial charge on any atom is -0.294 e. The molecular weight excluding hydrogens is 170 g/mol. The predicted molar refractivity (Wildman–Crippen MR) is 59.2 cm³/mol. The van der Waals surface area contributed by atoms with Crippen LogP contribution in [0.25, 0.3) is 0 Å². The summed E-state index contributed by atoms with van der Waals surface area (Å²) in [5, 5.41) is 0. The summed E-state index contributed by atoms with van der Waals surface area (Å²) in [6.07, 6.45) is 9.04. The fourth-order valence-corrected chi connectivity index (χ4v) is 4.03. The second-order valence-corrected chi connectivity index (χ2v) is 5.98. The van der Waals surface area contributed by atoms with E-state index in [2.05, 4.69) is 18.7 Å². The van der Waals surface area contributed by atoms with E-state index in [9.17, 15) is 0 Å². The Balaban J connectivity index is 1.83. The van der Waals surface area contributed by atoms with Gasteiger partial charge in [-0.3, -0.25) is 4.90 Å². The van der Waals surface area contributed by atoms with E-state index in [0.717, 1.165) is 30.0 Å². The average Bonchev–Trinajstić information content (AvgIpc) is 3.01. The Labute approximate surface area is 87.9 Å². The van der Waals surface area contributed by atoms with Gasteiger partial charge in [0, 0.05) is 18.1 Å². The molecule has 4 aliphatic rings. The van der Waals surface area contributed by atoms with Gasteiger partial charge in [-0.1, -0.05) is 13.8 Å². The lowest BCUT2D eigenvalue weighted by molar-refractivity contribution is -0.0399. The largest absolute Gasteiger partial charge is 0.294 e. The lowest BCUT2D eigenvalue weighted by Crippen LogP contribution is -2.57. The quantitative estimate of drug-likeness (QED) is 0.651. The normalized spacial score (nSPS) is 43.5. The standard InChI is InChI=1S/C13H23N/c1-9(2)13-10-3-5-11(6-4-10)14(13)12-7-8-12/h9-13H,3-8H2,1-2H3/t10?,11?,13-/m0/s1. The summed E-state index contributed by atoms with van der Waals surface area (Å²) in [4.78, 5) is 2.93. The first-order valence-electron chi connectivity index (χ1n) is 6.55. The third-order valence-electron chi connectivity index (χ3n) is 4.64. The average molecular weight is 193 g/mol. The number of piperidine rings is 2. The second-order valence-electron chi connectivity index (χ2n) is 5.98. The molecule has 0 aromatic rings. The van der Waals surface area contributed by atoms with Crippen LogP contribution in [0.3, 0.4) is 0 Å². The third-order valence-corrected chi connectivity index (χ3v) is 4.64. The second kappa shape index (κ2) is 3.23. The first kappa shape index (κ1) is 9.21. The summed E-state index contributed by atoms with van der Waals surface area (Å²) >= 11 is 0. The predicted octanol–water partition coefficient (Wildman–Crippen LogP) is 3.05. The van der Waals surface area contributed by atoms with Gasteiger partial charge in [-0.15, -0.1) is 0 Å². The molecule has 0 unspecified atom stereocenters. The topological polar surface area (TPSA) is 3.24 Å². The number of hydrogen-bond donors (Lipinski definition) is 0. The molecule has 80 valence electrons. The van der Waals surface area contributed by atoms with Crippen molar-refractivity contribution < 1.29 is 0 Å². The van der Waals surface area contributed by atoms with Crippen LogP contribution in [0.15, 0.2) is 0 Å².